The summed E-state index contributed by atoms with van der Waals surface area (Å²) in [5.41, 5.74) is 3.88. The van der Waals surface area contributed by atoms with Gasteiger partial charge in [-0.05, 0) is 42.5 Å². The van der Waals surface area contributed by atoms with Crippen LogP contribution < -0.4 is 10.2 Å². The third-order valence-electron chi connectivity index (χ3n) is 4.14. The molecule has 0 saturated carbocycles. The number of piperazine rings is 1. The maximum atomic E-state index is 12.4. The number of aryl methyl sites for hydroxylation is 2. The van der Waals surface area contributed by atoms with Gasteiger partial charge in [-0.3, -0.25) is 4.90 Å². The van der Waals surface area contributed by atoms with E-state index in [1.165, 1.54) is 24.0 Å². The van der Waals surface area contributed by atoms with Crippen LogP contribution in [0.5, 0.6) is 0 Å². The maximum absolute atomic E-state index is 12.4. The zero-order chi connectivity index (χ0) is 13.2. The van der Waals surface area contributed by atoms with Gasteiger partial charge < -0.3 is 10.2 Å². The van der Waals surface area contributed by atoms with Gasteiger partial charge in [0.05, 0.1) is 0 Å². The monoisotopic (exact) mass is 259 g/mol. The molecule has 1 aromatic rings. The van der Waals surface area contributed by atoms with Crippen LogP contribution in [0.15, 0.2) is 18.2 Å². The Labute approximate surface area is 114 Å². The second kappa shape index (κ2) is 5.21. The summed E-state index contributed by atoms with van der Waals surface area (Å²) in [4.78, 5) is 16.1. The summed E-state index contributed by atoms with van der Waals surface area (Å²) in [6, 6.07) is 6.55. The average Bonchev–Trinajstić information content (AvgIpc) is 2.94. The molecule has 3 rings (SSSR count). The van der Waals surface area contributed by atoms with Crippen LogP contribution in [0.3, 0.4) is 0 Å². The normalized spacial score (nSPS) is 18.3. The van der Waals surface area contributed by atoms with E-state index in [4.69, 9.17) is 0 Å². The van der Waals surface area contributed by atoms with Crippen molar-refractivity contribution in [1.82, 2.24) is 10.2 Å². The third-order valence-corrected chi connectivity index (χ3v) is 4.14. The lowest BCUT2D eigenvalue weighted by atomic mass is 10.1. The second-order valence-electron chi connectivity index (χ2n) is 5.39. The topological polar surface area (TPSA) is 35.6 Å². The molecule has 4 nitrogen and oxygen atoms in total. The van der Waals surface area contributed by atoms with Gasteiger partial charge >= 0.3 is 6.03 Å². The van der Waals surface area contributed by atoms with Crippen molar-refractivity contribution in [2.45, 2.75) is 19.3 Å². The van der Waals surface area contributed by atoms with Crippen LogP contribution in [-0.4, -0.2) is 44.2 Å². The van der Waals surface area contributed by atoms with Crippen molar-refractivity contribution in [1.29, 1.82) is 0 Å². The third kappa shape index (κ3) is 2.45. The fraction of sp³-hybridized carbons (Fsp3) is 0.533. The summed E-state index contributed by atoms with van der Waals surface area (Å²) in [6.45, 7) is 3.38. The molecule has 0 spiro atoms. The number of anilines is 1. The quantitative estimate of drug-likeness (QED) is 0.832. The summed E-state index contributed by atoms with van der Waals surface area (Å²) in [7, 11) is 1.88. The van der Waals surface area contributed by atoms with Crippen LogP contribution >= 0.6 is 0 Å². The van der Waals surface area contributed by atoms with Crippen molar-refractivity contribution < 1.29 is 4.79 Å². The molecule has 1 aliphatic heterocycles. The zero-order valence-corrected chi connectivity index (χ0v) is 11.5. The Morgan fingerprint density at radius 1 is 1.21 bits per heavy atom. The van der Waals surface area contributed by atoms with E-state index in [1.807, 2.05) is 11.9 Å². The van der Waals surface area contributed by atoms with E-state index in [9.17, 15) is 4.79 Å². The molecule has 2 aliphatic rings. The number of rotatable bonds is 1. The van der Waals surface area contributed by atoms with Crippen LogP contribution in [0.1, 0.15) is 17.5 Å². The van der Waals surface area contributed by atoms with Crippen LogP contribution in [0.2, 0.25) is 0 Å². The second-order valence-corrected chi connectivity index (χ2v) is 5.39. The van der Waals surface area contributed by atoms with Crippen molar-refractivity contribution in [3.63, 3.8) is 0 Å². The van der Waals surface area contributed by atoms with Crippen molar-refractivity contribution in [3.05, 3.63) is 29.3 Å². The number of carbonyl (C=O) groups is 1. The zero-order valence-electron chi connectivity index (χ0n) is 11.5. The molecule has 1 aliphatic carbocycles. The van der Waals surface area contributed by atoms with E-state index in [0.717, 1.165) is 38.3 Å². The lowest BCUT2D eigenvalue weighted by molar-refractivity contribution is 0.198. The predicted molar refractivity (Wildman–Crippen MR) is 76.7 cm³/mol. The van der Waals surface area contributed by atoms with Gasteiger partial charge in [0.1, 0.15) is 0 Å². The van der Waals surface area contributed by atoms with Crippen molar-refractivity contribution in [2.24, 2.45) is 0 Å². The molecule has 0 bridgehead atoms. The molecular weight excluding hydrogens is 238 g/mol. The molecule has 1 aromatic carbocycles. The summed E-state index contributed by atoms with van der Waals surface area (Å²) in [5.74, 6) is 0. The standard InChI is InChI=1S/C15H21N3O/c1-17(15(19)18-9-7-16-8-10-18)14-6-5-12-3-2-4-13(12)11-14/h5-6,11,16H,2-4,7-10H2,1H3. The minimum atomic E-state index is 0.111. The number of urea groups is 1. The van der Waals surface area contributed by atoms with E-state index in [0.29, 0.717) is 0 Å². The average molecular weight is 259 g/mol. The number of benzene rings is 1. The first-order valence-corrected chi connectivity index (χ1v) is 7.11. The first-order chi connectivity index (χ1) is 9.25. The molecule has 0 atom stereocenters. The smallest absolute Gasteiger partial charge is 0.322 e. The molecule has 1 heterocycles. The molecule has 102 valence electrons. The highest BCUT2D eigenvalue weighted by Gasteiger charge is 2.21. The Morgan fingerprint density at radius 3 is 2.74 bits per heavy atom. The SMILES string of the molecule is CN(C(=O)N1CCNCC1)c1ccc2c(c1)CCC2. The summed E-state index contributed by atoms with van der Waals surface area (Å²) < 4.78 is 0. The molecule has 2 amide bonds. The molecule has 1 N–H and O–H groups in total. The molecular formula is C15H21N3O. The molecule has 0 unspecified atom stereocenters. The minimum Gasteiger partial charge on any atom is -0.322 e. The highest BCUT2D eigenvalue weighted by atomic mass is 16.2. The Kier molecular flexibility index (Phi) is 3.42. The first kappa shape index (κ1) is 12.5. The van der Waals surface area contributed by atoms with E-state index in [-0.39, 0.29) is 6.03 Å². The molecule has 19 heavy (non-hydrogen) atoms. The van der Waals surface area contributed by atoms with Gasteiger partial charge in [-0.25, -0.2) is 4.79 Å². The van der Waals surface area contributed by atoms with E-state index in [2.05, 4.69) is 23.5 Å². The number of fused-ring (bicyclic) bond motifs is 1. The van der Waals surface area contributed by atoms with Gasteiger partial charge in [0.2, 0.25) is 0 Å². The number of hydrogen-bond donors (Lipinski definition) is 1. The van der Waals surface area contributed by atoms with Gasteiger partial charge in [0, 0.05) is 38.9 Å². The number of hydrogen-bond acceptors (Lipinski definition) is 2. The fourth-order valence-corrected chi connectivity index (χ4v) is 2.95. The number of nitrogens with one attached hydrogen (secondary N) is 1. The Balaban J connectivity index is 1.75. The van der Waals surface area contributed by atoms with Crippen molar-refractivity contribution in [3.8, 4) is 0 Å². The largest absolute Gasteiger partial charge is 0.324 e. The van der Waals surface area contributed by atoms with Crippen molar-refractivity contribution in [2.75, 3.05) is 38.1 Å². The highest BCUT2D eigenvalue weighted by Crippen LogP contribution is 2.26. The van der Waals surface area contributed by atoms with Crippen LogP contribution in [0.25, 0.3) is 0 Å². The van der Waals surface area contributed by atoms with E-state index in [1.54, 1.807) is 4.90 Å². The van der Waals surface area contributed by atoms with Crippen LogP contribution in [0, 0.1) is 0 Å². The van der Waals surface area contributed by atoms with Gasteiger partial charge in [-0.2, -0.15) is 0 Å². The Bertz CT molecular complexity index is 480. The summed E-state index contributed by atoms with van der Waals surface area (Å²) in [6.07, 6.45) is 3.58. The molecule has 0 radical (unpaired) electrons. The van der Waals surface area contributed by atoms with Gasteiger partial charge in [-0.1, -0.05) is 6.07 Å². The molecule has 4 heteroatoms. The Hall–Kier alpha value is -1.55. The Morgan fingerprint density at radius 2 is 1.95 bits per heavy atom. The van der Waals surface area contributed by atoms with Gasteiger partial charge in [0.25, 0.3) is 0 Å². The first-order valence-electron chi connectivity index (χ1n) is 7.11. The molecule has 1 fully saturated rings. The number of nitrogens with zero attached hydrogens (tertiary/aromatic N) is 2. The summed E-state index contributed by atoms with van der Waals surface area (Å²) >= 11 is 0. The highest BCUT2D eigenvalue weighted by molar-refractivity contribution is 5.91. The molecule has 0 aromatic heterocycles. The van der Waals surface area contributed by atoms with E-state index < -0.39 is 0 Å². The fourth-order valence-electron chi connectivity index (χ4n) is 2.95. The predicted octanol–water partition coefficient (Wildman–Crippen LogP) is 1.64. The number of carbonyl (C=O) groups excluding carboxylic acids is 1. The van der Waals surface area contributed by atoms with Crippen molar-refractivity contribution >= 4 is 11.7 Å². The molecule has 1 saturated heterocycles. The summed E-state index contributed by atoms with van der Waals surface area (Å²) in [5, 5.41) is 3.27. The number of amides is 2. The van der Waals surface area contributed by atoms with E-state index >= 15 is 0 Å². The lowest BCUT2D eigenvalue weighted by Gasteiger charge is -2.31. The minimum absolute atomic E-state index is 0.111. The van der Waals surface area contributed by atoms with Crippen LogP contribution in [-0.2, 0) is 12.8 Å². The van der Waals surface area contributed by atoms with Gasteiger partial charge in [0.15, 0.2) is 0 Å². The lowest BCUT2D eigenvalue weighted by Crippen LogP contribution is -2.50. The van der Waals surface area contributed by atoms with Gasteiger partial charge in [-0.15, -0.1) is 0 Å². The maximum Gasteiger partial charge on any atom is 0.324 e. The van der Waals surface area contributed by atoms with Crippen LogP contribution in [0.4, 0.5) is 10.5 Å².